The Bertz CT molecular complexity index is 951. The van der Waals surface area contributed by atoms with E-state index in [1.165, 1.54) is 6.07 Å². The van der Waals surface area contributed by atoms with Gasteiger partial charge < -0.3 is 9.84 Å². The van der Waals surface area contributed by atoms with E-state index in [1.54, 1.807) is 11.6 Å². The molecule has 8 nitrogen and oxygen atoms in total. The molecule has 2 rings (SSSR count). The Morgan fingerprint density at radius 1 is 1.26 bits per heavy atom. The molecular formula is C18H22N2O6S. The van der Waals surface area contributed by atoms with Gasteiger partial charge in [0, 0.05) is 25.6 Å². The number of benzene rings is 1. The van der Waals surface area contributed by atoms with Crippen LogP contribution in [0.2, 0.25) is 0 Å². The first-order chi connectivity index (χ1) is 12.7. The van der Waals surface area contributed by atoms with Gasteiger partial charge in [0.1, 0.15) is 12.4 Å². The van der Waals surface area contributed by atoms with Crippen LogP contribution in [0.25, 0.3) is 0 Å². The van der Waals surface area contributed by atoms with E-state index in [0.717, 1.165) is 24.8 Å². The van der Waals surface area contributed by atoms with Gasteiger partial charge >= 0.3 is 0 Å². The zero-order chi connectivity index (χ0) is 20.1. The number of sulfonamides is 1. The number of carbonyl (C=O) groups excluding carboxylic acids is 1. The summed E-state index contributed by atoms with van der Waals surface area (Å²) in [5.74, 6) is -0.531. The summed E-state index contributed by atoms with van der Waals surface area (Å²) in [4.78, 5) is 23.9. The van der Waals surface area contributed by atoms with Gasteiger partial charge in [-0.3, -0.25) is 14.2 Å². The van der Waals surface area contributed by atoms with Crippen LogP contribution in [0.3, 0.4) is 0 Å². The van der Waals surface area contributed by atoms with E-state index in [0.29, 0.717) is 11.0 Å². The van der Waals surface area contributed by atoms with Crippen molar-refractivity contribution in [1.82, 2.24) is 9.29 Å². The van der Waals surface area contributed by atoms with E-state index in [-0.39, 0.29) is 18.8 Å². The standard InChI is InChI=1S/C18H22N2O6S/c1-3-7-16(21)19-27(24,25)18(2,23)20-11-10-15(12-17(20)22)26-13-14-8-5-4-6-9-14/h4-6,8-12,23H,3,7,13H2,1-2H3,(H,19,21). The van der Waals surface area contributed by atoms with Gasteiger partial charge in [-0.05, 0) is 18.1 Å². The second-order valence-electron chi connectivity index (χ2n) is 6.06. The lowest BCUT2D eigenvalue weighted by Gasteiger charge is -2.25. The van der Waals surface area contributed by atoms with Gasteiger partial charge in [0.15, 0.2) is 0 Å². The number of nitrogens with one attached hydrogen (secondary N) is 1. The van der Waals surface area contributed by atoms with Crippen LogP contribution in [0.5, 0.6) is 5.75 Å². The van der Waals surface area contributed by atoms with Gasteiger partial charge in [-0.2, -0.15) is 0 Å². The summed E-state index contributed by atoms with van der Waals surface area (Å²) in [6.45, 7) is 2.86. The van der Waals surface area contributed by atoms with E-state index >= 15 is 0 Å². The molecule has 0 bridgehead atoms. The number of ether oxygens (including phenoxy) is 1. The van der Waals surface area contributed by atoms with Gasteiger partial charge in [0.05, 0.1) is 0 Å². The van der Waals surface area contributed by atoms with Crippen LogP contribution < -0.4 is 15.0 Å². The van der Waals surface area contributed by atoms with Gasteiger partial charge in [0.2, 0.25) is 5.91 Å². The highest BCUT2D eigenvalue weighted by molar-refractivity contribution is 7.90. The molecule has 1 amide bonds. The van der Waals surface area contributed by atoms with E-state index in [2.05, 4.69) is 0 Å². The average molecular weight is 394 g/mol. The number of rotatable bonds is 8. The monoisotopic (exact) mass is 394 g/mol. The number of nitrogens with zero attached hydrogens (tertiary/aromatic N) is 1. The Morgan fingerprint density at radius 2 is 1.93 bits per heavy atom. The van der Waals surface area contributed by atoms with Crippen molar-refractivity contribution in [2.45, 2.75) is 38.4 Å². The van der Waals surface area contributed by atoms with Crippen LogP contribution in [-0.4, -0.2) is 24.0 Å². The number of pyridine rings is 1. The predicted molar refractivity (Wildman–Crippen MR) is 99.3 cm³/mol. The quantitative estimate of drug-likeness (QED) is 0.697. The molecule has 0 aliphatic rings. The van der Waals surface area contributed by atoms with Gasteiger partial charge in [-0.25, -0.2) is 13.1 Å². The summed E-state index contributed by atoms with van der Waals surface area (Å²) in [5, 5.41) is 7.78. The minimum absolute atomic E-state index is 0.0174. The largest absolute Gasteiger partial charge is 0.489 e. The summed E-state index contributed by atoms with van der Waals surface area (Å²) in [5.41, 5.74) is 0.105. The van der Waals surface area contributed by atoms with Crippen molar-refractivity contribution >= 4 is 15.9 Å². The molecule has 27 heavy (non-hydrogen) atoms. The Balaban J connectivity index is 2.20. The second-order valence-corrected chi connectivity index (χ2v) is 8.04. The van der Waals surface area contributed by atoms with Gasteiger partial charge in [0.25, 0.3) is 20.6 Å². The fraction of sp³-hybridized carbons (Fsp3) is 0.333. The van der Waals surface area contributed by atoms with Crippen LogP contribution in [0.15, 0.2) is 53.5 Å². The van der Waals surface area contributed by atoms with Crippen molar-refractivity contribution in [2.24, 2.45) is 0 Å². The van der Waals surface area contributed by atoms with Crippen molar-refractivity contribution in [2.75, 3.05) is 0 Å². The number of hydrogen-bond acceptors (Lipinski definition) is 6. The maximum Gasteiger partial charge on any atom is 0.285 e. The normalized spacial score (nSPS) is 13.6. The smallest absolute Gasteiger partial charge is 0.285 e. The first kappa shape index (κ1) is 20.7. The van der Waals surface area contributed by atoms with E-state index < -0.39 is 26.5 Å². The van der Waals surface area contributed by atoms with Crippen molar-refractivity contribution in [3.05, 3.63) is 64.6 Å². The third-order valence-electron chi connectivity index (χ3n) is 3.82. The molecule has 1 aromatic carbocycles. The molecule has 2 N–H and O–H groups in total. The Kier molecular flexibility index (Phi) is 6.40. The Labute approximate surface area is 157 Å². The van der Waals surface area contributed by atoms with Crippen LogP contribution in [0.4, 0.5) is 0 Å². The minimum Gasteiger partial charge on any atom is -0.489 e. The maximum atomic E-state index is 12.3. The molecular weight excluding hydrogens is 372 g/mol. The van der Waals surface area contributed by atoms with Crippen molar-refractivity contribution in [3.63, 3.8) is 0 Å². The number of aliphatic hydroxyl groups is 1. The van der Waals surface area contributed by atoms with Crippen LogP contribution in [0, 0.1) is 0 Å². The topological polar surface area (TPSA) is 115 Å². The lowest BCUT2D eigenvalue weighted by Crippen LogP contribution is -2.51. The van der Waals surface area contributed by atoms with Crippen molar-refractivity contribution in [3.8, 4) is 5.75 Å². The molecule has 0 spiro atoms. The summed E-state index contributed by atoms with van der Waals surface area (Å²) in [6, 6.07) is 11.7. The molecule has 9 heteroatoms. The summed E-state index contributed by atoms with van der Waals surface area (Å²) in [7, 11) is -4.55. The van der Waals surface area contributed by atoms with Crippen LogP contribution in [0.1, 0.15) is 32.3 Å². The second kappa shape index (κ2) is 8.36. The van der Waals surface area contributed by atoms with Crippen LogP contribution in [-0.2, 0) is 26.5 Å². The molecule has 2 aromatic rings. The zero-order valence-corrected chi connectivity index (χ0v) is 15.9. The Hall–Kier alpha value is -2.65. The third-order valence-corrected chi connectivity index (χ3v) is 5.53. The SMILES string of the molecule is CCCC(=O)NS(=O)(=O)C(C)(O)n1ccc(OCc2ccccc2)cc1=O. The lowest BCUT2D eigenvalue weighted by molar-refractivity contribution is -0.119. The van der Waals surface area contributed by atoms with E-state index in [9.17, 15) is 23.1 Å². The molecule has 0 saturated carbocycles. The number of hydrogen-bond donors (Lipinski definition) is 2. The van der Waals surface area contributed by atoms with Crippen molar-refractivity contribution < 1.29 is 23.1 Å². The molecule has 1 atom stereocenters. The molecule has 1 unspecified atom stereocenters. The molecule has 0 radical (unpaired) electrons. The Morgan fingerprint density at radius 3 is 2.52 bits per heavy atom. The molecule has 0 fully saturated rings. The maximum absolute atomic E-state index is 12.3. The van der Waals surface area contributed by atoms with Crippen LogP contribution >= 0.6 is 0 Å². The predicted octanol–water partition coefficient (Wildman–Crippen LogP) is 1.30. The summed E-state index contributed by atoms with van der Waals surface area (Å²) in [6.07, 6.45) is 1.53. The highest BCUT2D eigenvalue weighted by atomic mass is 32.2. The molecule has 0 aliphatic carbocycles. The average Bonchev–Trinajstić information content (AvgIpc) is 2.60. The zero-order valence-electron chi connectivity index (χ0n) is 15.1. The van der Waals surface area contributed by atoms with Gasteiger partial charge in [-0.1, -0.05) is 37.3 Å². The minimum atomic E-state index is -4.55. The van der Waals surface area contributed by atoms with Crippen molar-refractivity contribution in [1.29, 1.82) is 0 Å². The summed E-state index contributed by atoms with van der Waals surface area (Å²) < 4.78 is 32.5. The van der Waals surface area contributed by atoms with E-state index in [4.69, 9.17) is 4.74 Å². The lowest BCUT2D eigenvalue weighted by atomic mass is 10.2. The molecule has 1 aromatic heterocycles. The fourth-order valence-corrected chi connectivity index (χ4v) is 3.29. The molecule has 0 saturated heterocycles. The highest BCUT2D eigenvalue weighted by Crippen LogP contribution is 2.19. The van der Waals surface area contributed by atoms with E-state index in [1.807, 2.05) is 30.3 Å². The third kappa shape index (κ3) is 4.95. The summed E-state index contributed by atoms with van der Waals surface area (Å²) >= 11 is 0. The number of carbonyl (C=O) groups is 1. The molecule has 1 heterocycles. The first-order valence-electron chi connectivity index (χ1n) is 8.35. The number of amides is 1. The molecule has 0 aliphatic heterocycles. The number of aromatic nitrogens is 1. The highest BCUT2D eigenvalue weighted by Gasteiger charge is 2.40. The first-order valence-corrected chi connectivity index (χ1v) is 9.83. The van der Waals surface area contributed by atoms with Gasteiger partial charge in [-0.15, -0.1) is 0 Å². The molecule has 146 valence electrons. The fourth-order valence-electron chi connectivity index (χ4n) is 2.29.